The average molecular weight is 392 g/mol. The lowest BCUT2D eigenvalue weighted by molar-refractivity contribution is -0.386. The fourth-order valence-electron chi connectivity index (χ4n) is 2.09. The minimum Gasteiger partial charge on any atom is -0.478 e. The predicted octanol–water partition coefficient (Wildman–Crippen LogP) is 2.08. The molecule has 11 heteroatoms. The minimum atomic E-state index is -1.24. The van der Waals surface area contributed by atoms with E-state index in [1.807, 2.05) is 0 Å². The molecule has 0 unspecified atom stereocenters. The number of carbonyl (C=O) groups is 2. The number of carboxylic acids is 1. The van der Waals surface area contributed by atoms with E-state index in [4.69, 9.17) is 15.3 Å². The average Bonchev–Trinajstić information content (AvgIpc) is 2.66. The number of nitro groups is 2. The van der Waals surface area contributed by atoms with Crippen LogP contribution in [0.15, 0.2) is 36.4 Å². The van der Waals surface area contributed by atoms with Gasteiger partial charge in [-0.1, -0.05) is 6.07 Å². The number of carboxylic acid groups (broad SMARTS) is 1. The highest BCUT2D eigenvalue weighted by molar-refractivity contribution is 5.94. The third-order valence-corrected chi connectivity index (χ3v) is 3.56. The lowest BCUT2D eigenvalue weighted by Gasteiger charge is -2.00. The number of carbonyl (C=O) groups excluding carboxylic acids is 1. The van der Waals surface area contributed by atoms with E-state index in [-0.39, 0.29) is 39.4 Å². The van der Waals surface area contributed by atoms with Crippen LogP contribution in [0.3, 0.4) is 0 Å². The molecular weight excluding hydrogens is 376 g/mol. The zero-order valence-electron chi connectivity index (χ0n) is 14.6. The van der Waals surface area contributed by atoms with Crippen molar-refractivity contribution in [3.8, 4) is 0 Å². The highest BCUT2D eigenvalue weighted by Gasteiger charge is 2.16. The van der Waals surface area contributed by atoms with Gasteiger partial charge in [-0.3, -0.25) is 25.0 Å². The topological polar surface area (TPSA) is 181 Å². The molecule has 0 aliphatic carbocycles. The Labute approximate surface area is 157 Å². The first kappa shape index (κ1) is 22.3. The minimum absolute atomic E-state index is 0.0972. The van der Waals surface area contributed by atoms with E-state index in [1.165, 1.54) is 37.3 Å². The van der Waals surface area contributed by atoms with E-state index >= 15 is 0 Å². The van der Waals surface area contributed by atoms with Crippen LogP contribution in [0.2, 0.25) is 0 Å². The molecule has 148 valence electrons. The third kappa shape index (κ3) is 5.65. The van der Waals surface area contributed by atoms with Crippen LogP contribution in [0, 0.1) is 20.2 Å². The molecule has 0 saturated carbocycles. The number of nitrogens with zero attached hydrogens (tertiary/aromatic N) is 2. The Kier molecular flexibility index (Phi) is 7.86. The van der Waals surface area contributed by atoms with Crippen molar-refractivity contribution < 1.29 is 34.8 Å². The number of hydrogen-bond donors (Lipinski definition) is 3. The molecular formula is C17H16N2O9. The van der Waals surface area contributed by atoms with Crippen LogP contribution < -0.4 is 0 Å². The number of aromatic carboxylic acids is 1. The quantitative estimate of drug-likeness (QED) is 0.376. The van der Waals surface area contributed by atoms with E-state index in [2.05, 4.69) is 0 Å². The summed E-state index contributed by atoms with van der Waals surface area (Å²) in [6, 6.07) is 7.37. The van der Waals surface area contributed by atoms with E-state index in [0.717, 1.165) is 6.07 Å². The summed E-state index contributed by atoms with van der Waals surface area (Å²) in [7, 11) is 0. The van der Waals surface area contributed by atoms with Crippen LogP contribution >= 0.6 is 0 Å². The molecule has 0 fully saturated rings. The van der Waals surface area contributed by atoms with Crippen molar-refractivity contribution in [1.29, 1.82) is 0 Å². The fourth-order valence-corrected chi connectivity index (χ4v) is 2.09. The smallest absolute Gasteiger partial charge is 0.335 e. The fraction of sp³-hybridized carbons (Fsp3) is 0.176. The maximum absolute atomic E-state index is 10.9. The second-order valence-electron chi connectivity index (χ2n) is 5.38. The van der Waals surface area contributed by atoms with E-state index in [0.29, 0.717) is 0 Å². The molecule has 0 aliphatic rings. The first-order valence-corrected chi connectivity index (χ1v) is 7.62. The molecule has 0 radical (unpaired) electrons. The first-order valence-electron chi connectivity index (χ1n) is 7.62. The maximum atomic E-state index is 10.9. The van der Waals surface area contributed by atoms with Crippen LogP contribution in [-0.4, -0.2) is 36.9 Å². The Morgan fingerprint density at radius 3 is 1.57 bits per heavy atom. The number of hydrogen-bond acceptors (Lipinski definition) is 8. The number of aliphatic hydroxyl groups is 2. The number of Topliss-reactive ketones (excluding diaryl/α,β-unsaturated/α-hetero) is 1. The van der Waals surface area contributed by atoms with Crippen molar-refractivity contribution in [3.63, 3.8) is 0 Å². The van der Waals surface area contributed by atoms with E-state index < -0.39 is 29.0 Å². The molecule has 0 spiro atoms. The molecule has 0 atom stereocenters. The number of rotatable bonds is 6. The summed E-state index contributed by atoms with van der Waals surface area (Å²) in [4.78, 5) is 41.1. The van der Waals surface area contributed by atoms with Gasteiger partial charge in [0.05, 0.1) is 39.8 Å². The van der Waals surface area contributed by atoms with Crippen LogP contribution in [0.4, 0.5) is 11.4 Å². The molecule has 0 bridgehead atoms. The van der Waals surface area contributed by atoms with Gasteiger partial charge in [0.2, 0.25) is 0 Å². The summed E-state index contributed by atoms with van der Waals surface area (Å²) in [6.07, 6.45) is 0. The molecule has 28 heavy (non-hydrogen) atoms. The number of nitro benzene ring substituents is 2. The van der Waals surface area contributed by atoms with Crippen molar-refractivity contribution in [2.45, 2.75) is 20.1 Å². The highest BCUT2D eigenvalue weighted by atomic mass is 16.6. The summed E-state index contributed by atoms with van der Waals surface area (Å²) < 4.78 is 0. The molecule has 0 amide bonds. The third-order valence-electron chi connectivity index (χ3n) is 3.56. The van der Waals surface area contributed by atoms with Gasteiger partial charge < -0.3 is 15.3 Å². The summed E-state index contributed by atoms with van der Waals surface area (Å²) in [5.41, 5.74) is -0.199. The Balaban J connectivity index is 0.000000280. The van der Waals surface area contributed by atoms with Gasteiger partial charge in [-0.2, -0.15) is 0 Å². The zero-order chi connectivity index (χ0) is 21.4. The van der Waals surface area contributed by atoms with Gasteiger partial charge in [0.1, 0.15) is 0 Å². The number of aliphatic hydroxyl groups excluding tert-OH is 2. The van der Waals surface area contributed by atoms with Crippen molar-refractivity contribution >= 4 is 23.1 Å². The molecule has 3 N–H and O–H groups in total. The number of benzene rings is 2. The van der Waals surface area contributed by atoms with Gasteiger partial charge in [-0.25, -0.2) is 4.79 Å². The summed E-state index contributed by atoms with van der Waals surface area (Å²) >= 11 is 0. The van der Waals surface area contributed by atoms with Crippen LogP contribution in [0.1, 0.15) is 38.8 Å². The van der Waals surface area contributed by atoms with Crippen LogP contribution in [-0.2, 0) is 13.2 Å². The van der Waals surface area contributed by atoms with Gasteiger partial charge in [0, 0.05) is 17.7 Å². The lowest BCUT2D eigenvalue weighted by Crippen LogP contribution is -2.01. The van der Waals surface area contributed by atoms with Crippen LogP contribution in [0.25, 0.3) is 0 Å². The first-order chi connectivity index (χ1) is 13.1. The van der Waals surface area contributed by atoms with Crippen molar-refractivity contribution in [2.75, 3.05) is 0 Å². The van der Waals surface area contributed by atoms with Gasteiger partial charge in [0.25, 0.3) is 11.4 Å². The second kappa shape index (κ2) is 9.85. The Hall–Kier alpha value is -3.70. The SMILES string of the molecule is CC(=O)c1ccc(CO)c([N+](=O)[O-])c1.O=C(O)c1ccc(CO)c([N+](=O)[O-])c1. The monoisotopic (exact) mass is 392 g/mol. The lowest BCUT2D eigenvalue weighted by atomic mass is 10.1. The van der Waals surface area contributed by atoms with Crippen molar-refractivity contribution in [3.05, 3.63) is 78.9 Å². The van der Waals surface area contributed by atoms with E-state index in [1.54, 1.807) is 0 Å². The molecule has 0 heterocycles. The normalized spacial score (nSPS) is 9.82. The summed E-state index contributed by atoms with van der Waals surface area (Å²) in [5, 5.41) is 47.1. The molecule has 0 aliphatic heterocycles. The number of ketones is 1. The molecule has 2 aromatic carbocycles. The molecule has 0 saturated heterocycles. The highest BCUT2D eigenvalue weighted by Crippen LogP contribution is 2.21. The van der Waals surface area contributed by atoms with Crippen molar-refractivity contribution in [2.24, 2.45) is 0 Å². The largest absolute Gasteiger partial charge is 0.478 e. The molecule has 0 aromatic heterocycles. The molecule has 2 aromatic rings. The summed E-state index contributed by atoms with van der Waals surface area (Å²) in [5.74, 6) is -1.48. The predicted molar refractivity (Wildman–Crippen MR) is 95.0 cm³/mol. The maximum Gasteiger partial charge on any atom is 0.335 e. The summed E-state index contributed by atoms with van der Waals surface area (Å²) in [6.45, 7) is 0.433. The Morgan fingerprint density at radius 1 is 0.857 bits per heavy atom. The Morgan fingerprint density at radius 2 is 1.25 bits per heavy atom. The van der Waals surface area contributed by atoms with Gasteiger partial charge in [-0.15, -0.1) is 0 Å². The molecule has 2 rings (SSSR count). The van der Waals surface area contributed by atoms with Gasteiger partial charge in [-0.05, 0) is 25.1 Å². The van der Waals surface area contributed by atoms with E-state index in [9.17, 15) is 29.8 Å². The Bertz CT molecular complexity index is 849. The van der Waals surface area contributed by atoms with Crippen LogP contribution in [0.5, 0.6) is 0 Å². The van der Waals surface area contributed by atoms with Gasteiger partial charge in [0.15, 0.2) is 5.78 Å². The standard InChI is InChI=1S/C9H9NO4.C8H7NO5/c1-6(12)7-2-3-8(5-11)9(4-7)10(13)14;10-4-6-2-1-5(8(11)12)3-7(6)9(13)14/h2-4,11H,5H2,1H3;1-3,10H,4H2,(H,11,12). The second-order valence-corrected chi connectivity index (χ2v) is 5.38. The van der Waals surface area contributed by atoms with Gasteiger partial charge >= 0.3 is 5.97 Å². The molecule has 11 nitrogen and oxygen atoms in total. The zero-order valence-corrected chi connectivity index (χ0v) is 14.6. The van der Waals surface area contributed by atoms with Crippen molar-refractivity contribution in [1.82, 2.24) is 0 Å².